The van der Waals surface area contributed by atoms with Crippen LogP contribution in [0.2, 0.25) is 0 Å². The normalized spacial score (nSPS) is 21.7. The molecule has 124 valence electrons. The molecule has 23 heavy (non-hydrogen) atoms. The quantitative estimate of drug-likeness (QED) is 0.783. The lowest BCUT2D eigenvalue weighted by Crippen LogP contribution is -2.32. The maximum Gasteiger partial charge on any atom is 0.573 e. The number of ether oxygens (including phenoxy) is 3. The fraction of sp³-hybridized carbons (Fsp3) is 0.375. The summed E-state index contributed by atoms with van der Waals surface area (Å²) in [5.74, 6) is 5.32. The molecule has 1 aliphatic rings. The Morgan fingerprint density at radius 1 is 1.22 bits per heavy atom. The second-order valence-corrected chi connectivity index (χ2v) is 5.73. The van der Waals surface area contributed by atoms with Crippen molar-refractivity contribution in [2.24, 2.45) is 0 Å². The van der Waals surface area contributed by atoms with E-state index in [1.165, 1.54) is 24.3 Å². The van der Waals surface area contributed by atoms with Crippen LogP contribution in [0.5, 0.6) is 5.75 Å². The highest BCUT2D eigenvalue weighted by atomic mass is 32.2. The largest absolute Gasteiger partial charge is 0.573 e. The van der Waals surface area contributed by atoms with Gasteiger partial charge in [0, 0.05) is 5.56 Å². The van der Waals surface area contributed by atoms with E-state index in [2.05, 4.69) is 16.6 Å². The molecule has 0 bridgehead atoms. The monoisotopic (exact) mass is 344 g/mol. The van der Waals surface area contributed by atoms with Crippen molar-refractivity contribution in [3.8, 4) is 17.6 Å². The first-order valence-electron chi connectivity index (χ1n) is 6.76. The summed E-state index contributed by atoms with van der Waals surface area (Å²) in [4.78, 5) is 0. The van der Waals surface area contributed by atoms with Crippen molar-refractivity contribution in [2.45, 2.75) is 17.9 Å². The molecule has 2 rings (SSSR count). The molecule has 0 amide bonds. The predicted molar refractivity (Wildman–Crippen MR) is 82.1 cm³/mol. The van der Waals surface area contributed by atoms with E-state index in [-0.39, 0.29) is 5.75 Å². The predicted octanol–water partition coefficient (Wildman–Crippen LogP) is 3.60. The SMILES string of the molecule is CSC1COC(C=CC#Cc2ccc(OC(F)(F)F)cc2)OC1. The van der Waals surface area contributed by atoms with Crippen LogP contribution >= 0.6 is 11.8 Å². The number of benzene rings is 1. The van der Waals surface area contributed by atoms with Gasteiger partial charge in [0.05, 0.1) is 18.5 Å². The van der Waals surface area contributed by atoms with Gasteiger partial charge in [-0.3, -0.25) is 0 Å². The lowest BCUT2D eigenvalue weighted by Gasteiger charge is -2.26. The van der Waals surface area contributed by atoms with E-state index in [0.717, 1.165) is 0 Å². The molecule has 0 saturated carbocycles. The Morgan fingerprint density at radius 3 is 2.43 bits per heavy atom. The van der Waals surface area contributed by atoms with Crippen molar-refractivity contribution >= 4 is 11.8 Å². The Hall–Kier alpha value is -1.62. The average Bonchev–Trinajstić information content (AvgIpc) is 2.52. The van der Waals surface area contributed by atoms with Crippen LogP contribution in [-0.2, 0) is 9.47 Å². The van der Waals surface area contributed by atoms with Crippen LogP contribution in [0.1, 0.15) is 5.56 Å². The molecule has 1 aromatic carbocycles. The van der Waals surface area contributed by atoms with E-state index in [1.807, 2.05) is 6.26 Å². The topological polar surface area (TPSA) is 27.7 Å². The van der Waals surface area contributed by atoms with Crippen LogP contribution in [0.25, 0.3) is 0 Å². The molecule has 0 N–H and O–H groups in total. The number of hydrogen-bond acceptors (Lipinski definition) is 4. The van der Waals surface area contributed by atoms with E-state index in [4.69, 9.17) is 9.47 Å². The second-order valence-electron chi connectivity index (χ2n) is 4.59. The molecule has 1 fully saturated rings. The minimum absolute atomic E-state index is 0.272. The van der Waals surface area contributed by atoms with E-state index in [0.29, 0.717) is 24.0 Å². The first kappa shape index (κ1) is 17.7. The number of halogens is 3. The number of thioether (sulfide) groups is 1. The molecular formula is C16H15F3O3S. The summed E-state index contributed by atoms with van der Waals surface area (Å²) in [6.45, 7) is 1.26. The van der Waals surface area contributed by atoms with E-state index in [1.54, 1.807) is 23.9 Å². The molecule has 0 unspecified atom stereocenters. The Kier molecular flexibility index (Phi) is 6.39. The Morgan fingerprint density at radius 2 is 1.87 bits per heavy atom. The molecule has 0 aromatic heterocycles. The van der Waals surface area contributed by atoms with Gasteiger partial charge < -0.3 is 14.2 Å². The number of alkyl halides is 3. The molecular weight excluding hydrogens is 329 g/mol. The lowest BCUT2D eigenvalue weighted by atomic mass is 10.2. The van der Waals surface area contributed by atoms with Gasteiger partial charge >= 0.3 is 6.36 Å². The van der Waals surface area contributed by atoms with Crippen molar-refractivity contribution in [1.29, 1.82) is 0 Å². The van der Waals surface area contributed by atoms with Crippen molar-refractivity contribution < 1.29 is 27.4 Å². The van der Waals surface area contributed by atoms with Crippen molar-refractivity contribution in [2.75, 3.05) is 19.5 Å². The molecule has 3 nitrogen and oxygen atoms in total. The first-order valence-corrected chi connectivity index (χ1v) is 8.05. The average molecular weight is 344 g/mol. The van der Waals surface area contributed by atoms with Crippen LogP contribution in [0, 0.1) is 11.8 Å². The molecule has 1 heterocycles. The fourth-order valence-electron chi connectivity index (χ4n) is 1.74. The molecule has 1 aromatic rings. The van der Waals surface area contributed by atoms with Gasteiger partial charge in [0.1, 0.15) is 5.75 Å². The van der Waals surface area contributed by atoms with Crippen molar-refractivity contribution in [3.63, 3.8) is 0 Å². The van der Waals surface area contributed by atoms with Gasteiger partial charge in [0.15, 0.2) is 6.29 Å². The first-order chi connectivity index (χ1) is 11.0. The molecule has 0 aliphatic carbocycles. The maximum absolute atomic E-state index is 12.0. The molecule has 0 spiro atoms. The molecule has 0 atom stereocenters. The summed E-state index contributed by atoms with van der Waals surface area (Å²) in [5.41, 5.74) is 0.581. The second kappa shape index (κ2) is 8.29. The van der Waals surface area contributed by atoms with Crippen molar-refractivity contribution in [1.82, 2.24) is 0 Å². The standard InChI is InChI=1S/C16H15F3O3S/c1-23-14-10-20-15(21-11-14)5-3-2-4-12-6-8-13(9-7-12)22-16(17,18)19/h3,5-9,14-15H,10-11H2,1H3. The Bertz CT molecular complexity index is 579. The van der Waals surface area contributed by atoms with Crippen LogP contribution in [0.3, 0.4) is 0 Å². The summed E-state index contributed by atoms with van der Waals surface area (Å²) in [5, 5.41) is 0.350. The van der Waals surface area contributed by atoms with Crippen molar-refractivity contribution in [3.05, 3.63) is 42.0 Å². The fourth-order valence-corrected chi connectivity index (χ4v) is 2.17. The minimum atomic E-state index is -4.69. The van der Waals surface area contributed by atoms with Gasteiger partial charge in [0.25, 0.3) is 0 Å². The zero-order valence-corrected chi connectivity index (χ0v) is 13.1. The van der Waals surface area contributed by atoms with E-state index in [9.17, 15) is 13.2 Å². The highest BCUT2D eigenvalue weighted by Crippen LogP contribution is 2.22. The summed E-state index contributed by atoms with van der Waals surface area (Å²) in [6, 6.07) is 5.35. The van der Waals surface area contributed by atoms with E-state index >= 15 is 0 Å². The summed E-state index contributed by atoms with van der Waals surface area (Å²) >= 11 is 1.70. The van der Waals surface area contributed by atoms with Gasteiger partial charge in [-0.15, -0.1) is 13.2 Å². The van der Waals surface area contributed by atoms with Crippen LogP contribution in [-0.4, -0.2) is 37.4 Å². The van der Waals surface area contributed by atoms with Gasteiger partial charge in [-0.1, -0.05) is 11.8 Å². The van der Waals surface area contributed by atoms with Gasteiger partial charge in [-0.25, -0.2) is 0 Å². The lowest BCUT2D eigenvalue weighted by molar-refractivity contribution is -0.274. The summed E-state index contributed by atoms with van der Waals surface area (Å²) in [6.07, 6.45) is 0.208. The zero-order chi connectivity index (χ0) is 16.7. The molecule has 7 heteroatoms. The smallest absolute Gasteiger partial charge is 0.406 e. The summed E-state index contributed by atoms with van der Waals surface area (Å²) < 4.78 is 50.8. The third kappa shape index (κ3) is 6.57. The Labute approximate surface area is 136 Å². The number of hydrogen-bond donors (Lipinski definition) is 0. The maximum atomic E-state index is 12.0. The zero-order valence-electron chi connectivity index (χ0n) is 12.3. The number of allylic oxidation sites excluding steroid dienone is 1. The minimum Gasteiger partial charge on any atom is -0.406 e. The highest BCUT2D eigenvalue weighted by Gasteiger charge is 2.30. The third-order valence-electron chi connectivity index (χ3n) is 2.87. The number of rotatable bonds is 3. The van der Waals surface area contributed by atoms with Crippen LogP contribution in [0.15, 0.2) is 36.4 Å². The molecule has 0 radical (unpaired) electrons. The highest BCUT2D eigenvalue weighted by molar-refractivity contribution is 7.99. The molecule has 1 aliphatic heterocycles. The van der Waals surface area contributed by atoms with E-state index < -0.39 is 12.7 Å². The summed E-state index contributed by atoms with van der Waals surface area (Å²) in [7, 11) is 0. The molecule has 1 saturated heterocycles. The third-order valence-corrected chi connectivity index (χ3v) is 3.81. The van der Waals surface area contributed by atoms with Crippen LogP contribution in [0.4, 0.5) is 13.2 Å². The van der Waals surface area contributed by atoms with Gasteiger partial charge in [0.2, 0.25) is 0 Å². The van der Waals surface area contributed by atoms with Gasteiger partial charge in [-0.05, 0) is 42.7 Å². The van der Waals surface area contributed by atoms with Gasteiger partial charge in [-0.2, -0.15) is 11.8 Å². The Balaban J connectivity index is 1.84. The van der Waals surface area contributed by atoms with Crippen LogP contribution < -0.4 is 4.74 Å².